The van der Waals surface area contributed by atoms with Gasteiger partial charge in [-0.25, -0.2) is 4.79 Å². The van der Waals surface area contributed by atoms with Crippen molar-refractivity contribution in [1.82, 2.24) is 0 Å². The van der Waals surface area contributed by atoms with Crippen LogP contribution in [0, 0.1) is 0 Å². The number of aldehydes is 1. The molecule has 5 heteroatoms. The van der Waals surface area contributed by atoms with E-state index < -0.39 is 5.97 Å². The van der Waals surface area contributed by atoms with Crippen molar-refractivity contribution < 1.29 is 14.7 Å². The van der Waals surface area contributed by atoms with E-state index in [9.17, 15) is 9.59 Å². The van der Waals surface area contributed by atoms with E-state index in [1.807, 2.05) is 0 Å². The Balaban J connectivity index is 3.36. The van der Waals surface area contributed by atoms with Gasteiger partial charge in [0.05, 0.1) is 21.2 Å². The Morgan fingerprint density at radius 2 is 1.77 bits per heavy atom. The van der Waals surface area contributed by atoms with Crippen LogP contribution >= 0.6 is 23.2 Å². The molecule has 3 nitrogen and oxygen atoms in total. The summed E-state index contributed by atoms with van der Waals surface area (Å²) in [4.78, 5) is 20.9. The van der Waals surface area contributed by atoms with Crippen LogP contribution in [0.25, 0.3) is 0 Å². The van der Waals surface area contributed by atoms with Crippen molar-refractivity contribution in [3.63, 3.8) is 0 Å². The van der Waals surface area contributed by atoms with Crippen molar-refractivity contribution in [3.05, 3.63) is 33.3 Å². The summed E-state index contributed by atoms with van der Waals surface area (Å²) >= 11 is 11.2. The SMILES string of the molecule is O=Cc1c(Cl)cc(C(=O)O)cc1Cl. The highest BCUT2D eigenvalue weighted by Gasteiger charge is 2.10. The lowest BCUT2D eigenvalue weighted by Gasteiger charge is -2.01. The molecule has 0 saturated heterocycles. The zero-order chi connectivity index (χ0) is 10.0. The standard InChI is InChI=1S/C8H4Cl2O3/c9-6-1-4(8(12)13)2-7(10)5(6)3-11/h1-3H,(H,12,13). The number of carbonyl (C=O) groups is 2. The van der Waals surface area contributed by atoms with Crippen LogP contribution in [0.4, 0.5) is 0 Å². The first-order chi connectivity index (χ1) is 6.06. The normalized spacial score (nSPS) is 9.69. The molecule has 1 aromatic rings. The van der Waals surface area contributed by atoms with E-state index in [1.54, 1.807) is 0 Å². The maximum absolute atomic E-state index is 10.5. The summed E-state index contributed by atoms with van der Waals surface area (Å²) in [5.74, 6) is -1.14. The molecular formula is C8H4Cl2O3. The lowest BCUT2D eigenvalue weighted by Crippen LogP contribution is -1.97. The van der Waals surface area contributed by atoms with Gasteiger partial charge in [-0.2, -0.15) is 0 Å². The van der Waals surface area contributed by atoms with Crippen molar-refractivity contribution >= 4 is 35.5 Å². The van der Waals surface area contributed by atoms with Crippen LogP contribution in [0.1, 0.15) is 20.7 Å². The number of carboxylic acids is 1. The molecule has 0 saturated carbocycles. The molecule has 1 aromatic carbocycles. The van der Waals surface area contributed by atoms with Gasteiger partial charge in [0.1, 0.15) is 0 Å². The van der Waals surface area contributed by atoms with Crippen molar-refractivity contribution in [3.8, 4) is 0 Å². The van der Waals surface area contributed by atoms with Crippen LogP contribution in [0.15, 0.2) is 12.1 Å². The zero-order valence-corrected chi connectivity index (χ0v) is 7.76. The molecule has 0 radical (unpaired) electrons. The smallest absolute Gasteiger partial charge is 0.335 e. The maximum atomic E-state index is 10.5. The van der Waals surface area contributed by atoms with Crippen LogP contribution in [0.2, 0.25) is 10.0 Å². The molecular weight excluding hydrogens is 215 g/mol. The highest BCUT2D eigenvalue weighted by Crippen LogP contribution is 2.24. The average molecular weight is 219 g/mol. The number of carboxylic acid groups (broad SMARTS) is 1. The number of hydrogen-bond acceptors (Lipinski definition) is 2. The Kier molecular flexibility index (Phi) is 2.90. The van der Waals surface area contributed by atoms with Gasteiger partial charge < -0.3 is 5.11 Å². The summed E-state index contributed by atoms with van der Waals surface area (Å²) in [6.07, 6.45) is 0.482. The summed E-state index contributed by atoms with van der Waals surface area (Å²) in [7, 11) is 0. The minimum Gasteiger partial charge on any atom is -0.478 e. The van der Waals surface area contributed by atoms with Gasteiger partial charge in [0.2, 0.25) is 0 Å². The minimum absolute atomic E-state index is 0.0411. The fourth-order valence-electron chi connectivity index (χ4n) is 0.820. The van der Waals surface area contributed by atoms with Crippen LogP contribution < -0.4 is 0 Å². The Labute approximate surface area is 83.9 Å². The molecule has 68 valence electrons. The first-order valence-electron chi connectivity index (χ1n) is 3.23. The van der Waals surface area contributed by atoms with Crippen LogP contribution in [0.5, 0.6) is 0 Å². The molecule has 13 heavy (non-hydrogen) atoms. The Bertz CT molecular complexity index is 351. The first kappa shape index (κ1) is 10.0. The van der Waals surface area contributed by atoms with E-state index in [1.165, 1.54) is 12.1 Å². The highest BCUT2D eigenvalue weighted by molar-refractivity contribution is 6.38. The van der Waals surface area contributed by atoms with Gasteiger partial charge in [-0.1, -0.05) is 23.2 Å². The molecule has 1 rings (SSSR count). The van der Waals surface area contributed by atoms with E-state index in [-0.39, 0.29) is 21.2 Å². The fraction of sp³-hybridized carbons (Fsp3) is 0. The lowest BCUT2D eigenvalue weighted by atomic mass is 10.1. The molecule has 0 unspecified atom stereocenters. The van der Waals surface area contributed by atoms with Gasteiger partial charge in [0.15, 0.2) is 6.29 Å². The monoisotopic (exact) mass is 218 g/mol. The molecule has 0 aliphatic rings. The number of carbonyl (C=O) groups excluding carboxylic acids is 1. The third kappa shape index (κ3) is 1.99. The number of benzene rings is 1. The lowest BCUT2D eigenvalue weighted by molar-refractivity contribution is 0.0696. The Morgan fingerprint density at radius 1 is 1.31 bits per heavy atom. The summed E-state index contributed by atoms with van der Waals surface area (Å²) in [5, 5.41) is 8.67. The number of aromatic carboxylic acids is 1. The number of hydrogen-bond donors (Lipinski definition) is 1. The quantitative estimate of drug-likeness (QED) is 0.777. The molecule has 0 aliphatic carbocycles. The van der Waals surface area contributed by atoms with E-state index in [2.05, 4.69) is 0 Å². The van der Waals surface area contributed by atoms with Crippen LogP contribution in [0.3, 0.4) is 0 Å². The zero-order valence-electron chi connectivity index (χ0n) is 6.25. The van der Waals surface area contributed by atoms with Crippen molar-refractivity contribution in [2.45, 2.75) is 0 Å². The molecule has 0 bridgehead atoms. The summed E-state index contributed by atoms with van der Waals surface area (Å²) < 4.78 is 0. The maximum Gasteiger partial charge on any atom is 0.335 e. The average Bonchev–Trinajstić information content (AvgIpc) is 2.03. The topological polar surface area (TPSA) is 54.4 Å². The molecule has 0 aliphatic heterocycles. The fourth-order valence-corrected chi connectivity index (χ4v) is 1.40. The van der Waals surface area contributed by atoms with E-state index in [0.717, 1.165) is 0 Å². The van der Waals surface area contributed by atoms with Gasteiger partial charge >= 0.3 is 5.97 Å². The third-order valence-corrected chi connectivity index (χ3v) is 2.07. The van der Waals surface area contributed by atoms with Gasteiger partial charge in [-0.15, -0.1) is 0 Å². The first-order valence-corrected chi connectivity index (χ1v) is 3.99. The molecule has 0 spiro atoms. The molecule has 0 aromatic heterocycles. The van der Waals surface area contributed by atoms with E-state index >= 15 is 0 Å². The van der Waals surface area contributed by atoms with Gasteiger partial charge in [0.25, 0.3) is 0 Å². The summed E-state index contributed by atoms with van der Waals surface area (Å²) in [5.41, 5.74) is 0.0638. The predicted octanol–water partition coefficient (Wildman–Crippen LogP) is 2.50. The highest BCUT2D eigenvalue weighted by atomic mass is 35.5. The molecule has 0 heterocycles. The second-order valence-electron chi connectivity index (χ2n) is 2.28. The van der Waals surface area contributed by atoms with E-state index in [0.29, 0.717) is 6.29 Å². The predicted molar refractivity (Wildman–Crippen MR) is 48.8 cm³/mol. The number of rotatable bonds is 2. The Morgan fingerprint density at radius 3 is 2.08 bits per heavy atom. The van der Waals surface area contributed by atoms with Gasteiger partial charge in [-0.3, -0.25) is 4.79 Å². The van der Waals surface area contributed by atoms with Crippen molar-refractivity contribution in [2.24, 2.45) is 0 Å². The summed E-state index contributed by atoms with van der Waals surface area (Å²) in [6.45, 7) is 0. The molecule has 0 fully saturated rings. The van der Waals surface area contributed by atoms with Crippen molar-refractivity contribution in [2.75, 3.05) is 0 Å². The second-order valence-corrected chi connectivity index (χ2v) is 3.09. The second kappa shape index (κ2) is 3.77. The Hall–Kier alpha value is -1.06. The van der Waals surface area contributed by atoms with Crippen molar-refractivity contribution in [1.29, 1.82) is 0 Å². The van der Waals surface area contributed by atoms with Crippen LogP contribution in [-0.2, 0) is 0 Å². The van der Waals surface area contributed by atoms with Gasteiger partial charge in [0, 0.05) is 0 Å². The molecule has 1 N–H and O–H groups in total. The number of halogens is 2. The third-order valence-electron chi connectivity index (χ3n) is 1.44. The largest absolute Gasteiger partial charge is 0.478 e. The summed E-state index contributed by atoms with van der Waals surface area (Å²) in [6, 6.07) is 2.36. The van der Waals surface area contributed by atoms with E-state index in [4.69, 9.17) is 28.3 Å². The minimum atomic E-state index is -1.14. The molecule has 0 atom stereocenters. The molecule has 0 amide bonds. The van der Waals surface area contributed by atoms with Gasteiger partial charge in [-0.05, 0) is 12.1 Å². The van der Waals surface area contributed by atoms with Crippen LogP contribution in [-0.4, -0.2) is 17.4 Å².